The van der Waals surface area contributed by atoms with Crippen LogP contribution < -0.4 is 5.73 Å². The fraction of sp³-hybridized carbons (Fsp3) is 0.200. The van der Waals surface area contributed by atoms with Crippen molar-refractivity contribution in [1.82, 2.24) is 14.9 Å². The maximum Gasteiger partial charge on any atom is 0.286 e. The van der Waals surface area contributed by atoms with Gasteiger partial charge in [-0.05, 0) is 18.6 Å². The van der Waals surface area contributed by atoms with Gasteiger partial charge in [0, 0.05) is 12.1 Å². The number of hydrogen-bond acceptors (Lipinski definition) is 4. The predicted molar refractivity (Wildman–Crippen MR) is 79.2 cm³/mol. The van der Waals surface area contributed by atoms with Crippen LogP contribution in [0.25, 0.3) is 0 Å². The molecule has 0 unspecified atom stereocenters. The van der Waals surface area contributed by atoms with Gasteiger partial charge in [-0.2, -0.15) is 0 Å². The van der Waals surface area contributed by atoms with Crippen molar-refractivity contribution in [2.75, 3.05) is 6.54 Å². The summed E-state index contributed by atoms with van der Waals surface area (Å²) in [5, 5.41) is 0.0490. The van der Waals surface area contributed by atoms with Crippen molar-refractivity contribution in [3.05, 3.63) is 57.9 Å². The first-order chi connectivity index (χ1) is 11.0. The highest BCUT2D eigenvalue weighted by atomic mass is 35.5. The Morgan fingerprint density at radius 1 is 1.39 bits per heavy atom. The number of nitrogens with two attached hydrogens (primary N) is 1. The van der Waals surface area contributed by atoms with Gasteiger partial charge in [-0.3, -0.25) is 9.59 Å². The molecule has 1 aromatic carbocycles. The standard InChI is InChI=1S/C15H11ClFN4O2/c16-9-2-1-3-10(17)12(9)15(23)21-5-4-8-6-19-14(13(18)22)20-11(8)7-21/h1-3H,4-5,7H2,(H2,18,22). The van der Waals surface area contributed by atoms with Crippen LogP contribution in [0, 0.1) is 12.0 Å². The molecule has 1 aliphatic heterocycles. The third-order valence-corrected chi connectivity index (χ3v) is 3.86. The van der Waals surface area contributed by atoms with E-state index in [4.69, 9.17) is 17.3 Å². The van der Waals surface area contributed by atoms with E-state index in [0.29, 0.717) is 24.2 Å². The van der Waals surface area contributed by atoms with Crippen LogP contribution in [0.15, 0.2) is 18.2 Å². The molecule has 2 N–H and O–H groups in total. The van der Waals surface area contributed by atoms with Gasteiger partial charge < -0.3 is 10.6 Å². The molecule has 1 aliphatic rings. The monoisotopic (exact) mass is 333 g/mol. The average Bonchev–Trinajstić information content (AvgIpc) is 2.53. The average molecular weight is 334 g/mol. The normalized spacial score (nSPS) is 13.6. The van der Waals surface area contributed by atoms with Crippen molar-refractivity contribution >= 4 is 23.4 Å². The molecule has 0 fully saturated rings. The molecule has 117 valence electrons. The van der Waals surface area contributed by atoms with Crippen molar-refractivity contribution in [1.29, 1.82) is 0 Å². The lowest BCUT2D eigenvalue weighted by atomic mass is 10.1. The first kappa shape index (κ1) is 15.4. The molecule has 23 heavy (non-hydrogen) atoms. The van der Waals surface area contributed by atoms with Crippen molar-refractivity contribution in [2.45, 2.75) is 13.0 Å². The number of amides is 2. The fourth-order valence-electron chi connectivity index (χ4n) is 2.39. The molecule has 0 saturated carbocycles. The zero-order valence-corrected chi connectivity index (χ0v) is 12.6. The molecular formula is C15H11ClFN4O2. The number of carbonyl (C=O) groups is 2. The van der Waals surface area contributed by atoms with Gasteiger partial charge in [-0.1, -0.05) is 17.7 Å². The Bertz CT molecular complexity index is 792. The molecule has 1 aromatic heterocycles. The second kappa shape index (κ2) is 5.92. The minimum absolute atomic E-state index is 0.0490. The molecule has 1 radical (unpaired) electrons. The Kier molecular flexibility index (Phi) is 3.96. The topological polar surface area (TPSA) is 89.2 Å². The van der Waals surface area contributed by atoms with Gasteiger partial charge >= 0.3 is 0 Å². The number of fused-ring (bicyclic) bond motifs is 1. The van der Waals surface area contributed by atoms with E-state index in [0.717, 1.165) is 0 Å². The SMILES string of the molecule is NC(=O)c1n[c]c2c(n1)CN(C(=O)c1c(F)cccc1Cl)CC2. The Balaban J connectivity index is 1.91. The molecule has 6 nitrogen and oxygen atoms in total. The summed E-state index contributed by atoms with van der Waals surface area (Å²) in [6.07, 6.45) is 3.16. The summed E-state index contributed by atoms with van der Waals surface area (Å²) in [7, 11) is 0. The lowest BCUT2D eigenvalue weighted by molar-refractivity contribution is 0.0727. The smallest absolute Gasteiger partial charge is 0.286 e. The third kappa shape index (κ3) is 2.87. The number of nitrogens with zero attached hydrogens (tertiary/aromatic N) is 3. The number of primary amides is 1. The summed E-state index contributed by atoms with van der Waals surface area (Å²) in [6.45, 7) is 0.463. The molecular weight excluding hydrogens is 323 g/mol. The number of carbonyl (C=O) groups excluding carboxylic acids is 2. The van der Waals surface area contributed by atoms with Gasteiger partial charge in [0.15, 0.2) is 0 Å². The molecule has 2 aromatic rings. The van der Waals surface area contributed by atoms with Crippen LogP contribution >= 0.6 is 11.6 Å². The van der Waals surface area contributed by atoms with Gasteiger partial charge in [-0.25, -0.2) is 14.4 Å². The minimum Gasteiger partial charge on any atom is -0.363 e. The molecule has 0 bridgehead atoms. The van der Waals surface area contributed by atoms with Crippen molar-refractivity contribution in [3.63, 3.8) is 0 Å². The van der Waals surface area contributed by atoms with Crippen LogP contribution in [-0.4, -0.2) is 33.2 Å². The molecule has 0 spiro atoms. The van der Waals surface area contributed by atoms with Gasteiger partial charge in [-0.15, -0.1) is 0 Å². The highest BCUT2D eigenvalue weighted by molar-refractivity contribution is 6.33. The van der Waals surface area contributed by atoms with Crippen molar-refractivity contribution < 1.29 is 14.0 Å². The number of aromatic nitrogens is 2. The maximum absolute atomic E-state index is 13.9. The van der Waals surface area contributed by atoms with E-state index in [1.807, 2.05) is 0 Å². The molecule has 8 heteroatoms. The van der Waals surface area contributed by atoms with Gasteiger partial charge in [0.2, 0.25) is 5.82 Å². The summed E-state index contributed by atoms with van der Waals surface area (Å²) in [5.41, 5.74) is 6.15. The predicted octanol–water partition coefficient (Wildman–Crippen LogP) is 1.37. The van der Waals surface area contributed by atoms with Crippen LogP contribution in [0.5, 0.6) is 0 Å². The summed E-state index contributed by atoms with van der Waals surface area (Å²) in [4.78, 5) is 32.9. The second-order valence-corrected chi connectivity index (χ2v) is 5.43. The number of hydrogen-bond donors (Lipinski definition) is 1. The first-order valence-corrected chi connectivity index (χ1v) is 7.15. The molecule has 2 heterocycles. The van der Waals surface area contributed by atoms with Gasteiger partial charge in [0.25, 0.3) is 11.8 Å². The van der Waals surface area contributed by atoms with E-state index in [2.05, 4.69) is 16.2 Å². The van der Waals surface area contributed by atoms with Crippen LogP contribution in [0.2, 0.25) is 5.02 Å². The number of benzene rings is 1. The molecule has 0 saturated heterocycles. The Morgan fingerprint density at radius 3 is 2.87 bits per heavy atom. The Hall–Kier alpha value is -2.54. The van der Waals surface area contributed by atoms with Crippen LogP contribution in [-0.2, 0) is 13.0 Å². The lowest BCUT2D eigenvalue weighted by Crippen LogP contribution is -2.37. The third-order valence-electron chi connectivity index (χ3n) is 3.54. The molecule has 0 atom stereocenters. The summed E-state index contributed by atoms with van der Waals surface area (Å²) < 4.78 is 13.9. The van der Waals surface area contributed by atoms with E-state index in [1.54, 1.807) is 0 Å². The van der Waals surface area contributed by atoms with Crippen LogP contribution in [0.4, 0.5) is 4.39 Å². The van der Waals surface area contributed by atoms with E-state index in [1.165, 1.54) is 23.1 Å². The van der Waals surface area contributed by atoms with Crippen LogP contribution in [0.1, 0.15) is 32.2 Å². The van der Waals surface area contributed by atoms with E-state index in [-0.39, 0.29) is 23.0 Å². The number of rotatable bonds is 2. The van der Waals surface area contributed by atoms with E-state index >= 15 is 0 Å². The fourth-order valence-corrected chi connectivity index (χ4v) is 2.63. The highest BCUT2D eigenvalue weighted by Gasteiger charge is 2.27. The highest BCUT2D eigenvalue weighted by Crippen LogP contribution is 2.24. The zero-order valence-electron chi connectivity index (χ0n) is 11.8. The molecule has 3 rings (SSSR count). The van der Waals surface area contributed by atoms with Gasteiger partial charge in [0.05, 0.1) is 29.0 Å². The lowest BCUT2D eigenvalue weighted by Gasteiger charge is -2.28. The van der Waals surface area contributed by atoms with Crippen molar-refractivity contribution in [3.8, 4) is 0 Å². The molecule has 2 amide bonds. The summed E-state index contributed by atoms with van der Waals surface area (Å²) in [6, 6.07) is 4.07. The Labute approximate surface area is 136 Å². The number of halogens is 2. The maximum atomic E-state index is 13.9. The second-order valence-electron chi connectivity index (χ2n) is 5.02. The molecule has 0 aliphatic carbocycles. The largest absolute Gasteiger partial charge is 0.363 e. The first-order valence-electron chi connectivity index (χ1n) is 6.78. The summed E-state index contributed by atoms with van der Waals surface area (Å²) >= 11 is 5.93. The van der Waals surface area contributed by atoms with Crippen molar-refractivity contribution in [2.24, 2.45) is 5.73 Å². The Morgan fingerprint density at radius 2 is 2.17 bits per heavy atom. The van der Waals surface area contributed by atoms with E-state index in [9.17, 15) is 14.0 Å². The zero-order chi connectivity index (χ0) is 16.6. The quantitative estimate of drug-likeness (QED) is 0.898. The van der Waals surface area contributed by atoms with Crippen LogP contribution in [0.3, 0.4) is 0 Å². The van der Waals surface area contributed by atoms with Gasteiger partial charge in [0.1, 0.15) is 5.82 Å². The van der Waals surface area contributed by atoms with E-state index < -0.39 is 17.6 Å². The minimum atomic E-state index is -0.773. The summed E-state index contributed by atoms with van der Waals surface area (Å²) in [5.74, 6) is -2.15.